The van der Waals surface area contributed by atoms with Crippen molar-refractivity contribution in [2.24, 2.45) is 17.3 Å². The summed E-state index contributed by atoms with van der Waals surface area (Å²) >= 11 is 0. The highest BCUT2D eigenvalue weighted by Gasteiger charge is 2.33. The number of aliphatic carboxylic acids is 1. The van der Waals surface area contributed by atoms with Gasteiger partial charge in [-0.15, -0.1) is 0 Å². The smallest absolute Gasteiger partial charge is 0.303 e. The van der Waals surface area contributed by atoms with E-state index >= 15 is 0 Å². The molecule has 1 saturated carbocycles. The van der Waals surface area contributed by atoms with Crippen LogP contribution in [-0.2, 0) is 4.79 Å². The Morgan fingerprint density at radius 3 is 2.56 bits per heavy atom. The molecule has 16 heavy (non-hydrogen) atoms. The summed E-state index contributed by atoms with van der Waals surface area (Å²) in [5.74, 6) is 0.372. The van der Waals surface area contributed by atoms with Crippen molar-refractivity contribution in [3.8, 4) is 0 Å². The van der Waals surface area contributed by atoms with E-state index in [0.717, 1.165) is 19.0 Å². The Morgan fingerprint density at radius 2 is 2.12 bits per heavy atom. The minimum Gasteiger partial charge on any atom is -0.481 e. The lowest BCUT2D eigenvalue weighted by molar-refractivity contribution is -0.137. The van der Waals surface area contributed by atoms with Crippen molar-refractivity contribution >= 4 is 5.97 Å². The zero-order chi connectivity index (χ0) is 12.2. The molecule has 2 N–H and O–H groups in total. The first-order valence-electron chi connectivity index (χ1n) is 6.34. The van der Waals surface area contributed by atoms with Crippen LogP contribution in [0.1, 0.15) is 46.5 Å². The highest BCUT2D eigenvalue weighted by atomic mass is 16.4. The van der Waals surface area contributed by atoms with Crippen LogP contribution in [0.15, 0.2) is 0 Å². The molecule has 0 bridgehead atoms. The summed E-state index contributed by atoms with van der Waals surface area (Å²) in [6.45, 7) is 8.42. The van der Waals surface area contributed by atoms with Crippen LogP contribution in [-0.4, -0.2) is 24.2 Å². The summed E-state index contributed by atoms with van der Waals surface area (Å²) in [4.78, 5) is 10.5. The number of carboxylic acid groups (broad SMARTS) is 1. The molecule has 0 heterocycles. The van der Waals surface area contributed by atoms with Crippen molar-refractivity contribution in [1.82, 2.24) is 5.32 Å². The topological polar surface area (TPSA) is 49.3 Å². The van der Waals surface area contributed by atoms with Crippen LogP contribution in [0.25, 0.3) is 0 Å². The third-order valence-corrected chi connectivity index (χ3v) is 3.81. The van der Waals surface area contributed by atoms with Gasteiger partial charge < -0.3 is 10.4 Å². The van der Waals surface area contributed by atoms with Gasteiger partial charge in [-0.25, -0.2) is 0 Å². The Labute approximate surface area is 98.6 Å². The van der Waals surface area contributed by atoms with E-state index in [0.29, 0.717) is 5.41 Å². The third kappa shape index (κ3) is 4.12. The molecule has 1 aliphatic carbocycles. The Bertz CT molecular complexity index is 234. The molecule has 1 rings (SSSR count). The van der Waals surface area contributed by atoms with Gasteiger partial charge in [0.15, 0.2) is 0 Å². The molecular formula is C13H25NO2. The maximum atomic E-state index is 10.5. The van der Waals surface area contributed by atoms with Crippen molar-refractivity contribution < 1.29 is 9.90 Å². The van der Waals surface area contributed by atoms with Crippen molar-refractivity contribution in [3.63, 3.8) is 0 Å². The zero-order valence-corrected chi connectivity index (χ0v) is 10.8. The summed E-state index contributed by atoms with van der Waals surface area (Å²) in [6.07, 6.45) is 4.36. The fourth-order valence-electron chi connectivity index (χ4n) is 2.35. The Morgan fingerprint density at radius 1 is 1.50 bits per heavy atom. The van der Waals surface area contributed by atoms with Gasteiger partial charge in [-0.2, -0.15) is 0 Å². The molecule has 0 amide bonds. The number of rotatable bonds is 7. The van der Waals surface area contributed by atoms with Gasteiger partial charge >= 0.3 is 5.97 Å². The van der Waals surface area contributed by atoms with Crippen molar-refractivity contribution in [1.29, 1.82) is 0 Å². The average Bonchev–Trinajstić information content (AvgIpc) is 1.96. The van der Waals surface area contributed by atoms with Crippen LogP contribution in [0.4, 0.5) is 0 Å². The number of hydrogen-bond donors (Lipinski definition) is 2. The molecule has 1 fully saturated rings. The second-order valence-electron chi connectivity index (χ2n) is 5.95. The van der Waals surface area contributed by atoms with Crippen molar-refractivity contribution in [3.05, 3.63) is 0 Å². The predicted octanol–water partition coefficient (Wildman–Crippen LogP) is 2.51. The molecule has 3 heteroatoms. The first-order valence-corrected chi connectivity index (χ1v) is 6.34. The Kier molecular flexibility index (Phi) is 4.78. The molecule has 0 spiro atoms. The van der Waals surface area contributed by atoms with E-state index in [1.54, 1.807) is 0 Å². The summed E-state index contributed by atoms with van der Waals surface area (Å²) in [5, 5.41) is 12.1. The Hall–Kier alpha value is -0.570. The fraction of sp³-hybridized carbons (Fsp3) is 0.923. The van der Waals surface area contributed by atoms with Gasteiger partial charge in [-0.1, -0.05) is 27.2 Å². The van der Waals surface area contributed by atoms with Crippen LogP contribution in [0.5, 0.6) is 0 Å². The second kappa shape index (κ2) is 5.67. The molecule has 0 radical (unpaired) electrons. The molecule has 94 valence electrons. The quantitative estimate of drug-likeness (QED) is 0.702. The first-order chi connectivity index (χ1) is 7.42. The molecular weight excluding hydrogens is 202 g/mol. The lowest BCUT2D eigenvalue weighted by atomic mass is 9.67. The lowest BCUT2D eigenvalue weighted by Gasteiger charge is -2.40. The van der Waals surface area contributed by atoms with E-state index < -0.39 is 5.97 Å². The minimum absolute atomic E-state index is 0.217. The van der Waals surface area contributed by atoms with Gasteiger partial charge in [0.2, 0.25) is 0 Å². The molecule has 0 saturated heterocycles. The van der Waals surface area contributed by atoms with Gasteiger partial charge in [0, 0.05) is 13.0 Å². The second-order valence-corrected chi connectivity index (χ2v) is 5.95. The SMILES string of the molecule is CC(CNCC(C)(C)C1CCC1)CC(=O)O. The summed E-state index contributed by atoms with van der Waals surface area (Å²) < 4.78 is 0. The van der Waals surface area contributed by atoms with E-state index in [1.165, 1.54) is 19.3 Å². The maximum absolute atomic E-state index is 10.5. The zero-order valence-electron chi connectivity index (χ0n) is 10.8. The number of nitrogens with one attached hydrogen (secondary N) is 1. The molecule has 3 nitrogen and oxygen atoms in total. The number of carbonyl (C=O) groups is 1. The standard InChI is InChI=1S/C13H25NO2/c1-10(7-12(15)16)8-14-9-13(2,3)11-5-4-6-11/h10-11,14H,4-9H2,1-3H3,(H,15,16). The van der Waals surface area contributed by atoms with Crippen molar-refractivity contribution in [2.75, 3.05) is 13.1 Å². The van der Waals surface area contributed by atoms with E-state index in [-0.39, 0.29) is 12.3 Å². The highest BCUT2D eigenvalue weighted by molar-refractivity contribution is 5.66. The van der Waals surface area contributed by atoms with Gasteiger partial charge in [0.25, 0.3) is 0 Å². The van der Waals surface area contributed by atoms with Gasteiger partial charge in [-0.05, 0) is 36.6 Å². The molecule has 0 aromatic carbocycles. The molecule has 1 atom stereocenters. The van der Waals surface area contributed by atoms with Crippen LogP contribution in [0.2, 0.25) is 0 Å². The summed E-state index contributed by atoms with van der Waals surface area (Å²) in [5.41, 5.74) is 0.362. The molecule has 0 aromatic rings. The van der Waals surface area contributed by atoms with Gasteiger partial charge in [0.05, 0.1) is 0 Å². The largest absolute Gasteiger partial charge is 0.481 e. The van der Waals surface area contributed by atoms with Crippen LogP contribution in [0, 0.1) is 17.3 Å². The monoisotopic (exact) mass is 227 g/mol. The van der Waals surface area contributed by atoms with Crippen LogP contribution >= 0.6 is 0 Å². The van der Waals surface area contributed by atoms with Gasteiger partial charge in [0.1, 0.15) is 0 Å². The van der Waals surface area contributed by atoms with E-state index in [1.807, 2.05) is 6.92 Å². The highest BCUT2D eigenvalue weighted by Crippen LogP contribution is 2.41. The van der Waals surface area contributed by atoms with E-state index in [9.17, 15) is 4.79 Å². The minimum atomic E-state index is -0.701. The maximum Gasteiger partial charge on any atom is 0.303 e. The summed E-state index contributed by atoms with van der Waals surface area (Å²) in [7, 11) is 0. The average molecular weight is 227 g/mol. The Balaban J connectivity index is 2.16. The van der Waals surface area contributed by atoms with Crippen LogP contribution < -0.4 is 5.32 Å². The predicted molar refractivity (Wildman–Crippen MR) is 65.4 cm³/mol. The first kappa shape index (κ1) is 13.5. The number of hydrogen-bond acceptors (Lipinski definition) is 2. The van der Waals surface area contributed by atoms with E-state index in [4.69, 9.17) is 5.11 Å². The van der Waals surface area contributed by atoms with Gasteiger partial charge in [-0.3, -0.25) is 4.79 Å². The van der Waals surface area contributed by atoms with Crippen LogP contribution in [0.3, 0.4) is 0 Å². The normalized spacial score (nSPS) is 19.2. The fourth-order valence-corrected chi connectivity index (χ4v) is 2.35. The number of carboxylic acids is 1. The molecule has 0 aromatic heterocycles. The lowest BCUT2D eigenvalue weighted by Crippen LogP contribution is -2.40. The summed E-state index contributed by atoms with van der Waals surface area (Å²) in [6, 6.07) is 0. The molecule has 1 aliphatic rings. The van der Waals surface area contributed by atoms with E-state index in [2.05, 4.69) is 19.2 Å². The third-order valence-electron chi connectivity index (χ3n) is 3.81. The molecule has 0 aliphatic heterocycles. The van der Waals surface area contributed by atoms with Crippen molar-refractivity contribution in [2.45, 2.75) is 46.5 Å². The molecule has 1 unspecified atom stereocenters.